The molecule has 5 nitrogen and oxygen atoms in total. The summed E-state index contributed by atoms with van der Waals surface area (Å²) >= 11 is 1.33. The fourth-order valence-corrected chi connectivity index (χ4v) is 9.07. The number of nitrogens with one attached hydrogen (secondary N) is 1. The summed E-state index contributed by atoms with van der Waals surface area (Å²) in [5.74, 6) is 0. The van der Waals surface area contributed by atoms with Gasteiger partial charge in [-0.3, -0.25) is 4.57 Å². The van der Waals surface area contributed by atoms with Crippen molar-refractivity contribution in [3.8, 4) is 0 Å². The van der Waals surface area contributed by atoms with Gasteiger partial charge in [-0.05, 0) is 50.1 Å². The highest BCUT2D eigenvalue weighted by atomic mass is 32.7. The highest BCUT2D eigenvalue weighted by molar-refractivity contribution is 8.56. The van der Waals surface area contributed by atoms with Crippen LogP contribution >= 0.6 is 18.1 Å². The molecule has 1 saturated carbocycles. The molecule has 1 aliphatic carbocycles. The summed E-state index contributed by atoms with van der Waals surface area (Å²) in [5, 5.41) is 3.14. The van der Waals surface area contributed by atoms with Gasteiger partial charge in [0.25, 0.3) is 0 Å². The lowest BCUT2D eigenvalue weighted by Gasteiger charge is -2.39. The van der Waals surface area contributed by atoms with Crippen molar-refractivity contribution < 1.29 is 13.9 Å². The van der Waals surface area contributed by atoms with Crippen LogP contribution in [0, 0.1) is 0 Å². The molecule has 0 saturated heterocycles. The number of carbonyl (C=O) groups is 1. The van der Waals surface area contributed by atoms with Crippen molar-refractivity contribution in [3.05, 3.63) is 35.9 Å². The molecule has 1 aromatic carbocycles. The van der Waals surface area contributed by atoms with E-state index in [1.54, 1.807) is 4.67 Å². The summed E-state index contributed by atoms with van der Waals surface area (Å²) in [5.41, 5.74) is 1.02. The molecule has 1 N–H and O–H groups in total. The highest BCUT2D eigenvalue weighted by Gasteiger charge is 2.43. The van der Waals surface area contributed by atoms with Gasteiger partial charge in [-0.25, -0.2) is 9.46 Å². The van der Waals surface area contributed by atoms with Gasteiger partial charge < -0.3 is 9.84 Å². The van der Waals surface area contributed by atoms with Gasteiger partial charge in [0.1, 0.15) is 0 Å². The van der Waals surface area contributed by atoms with Crippen molar-refractivity contribution in [2.24, 2.45) is 0 Å². The van der Waals surface area contributed by atoms with Crippen molar-refractivity contribution >= 4 is 24.1 Å². The summed E-state index contributed by atoms with van der Waals surface area (Å²) in [6.45, 7) is 4.92. The molecule has 158 valence electrons. The average molecular weight is 427 g/mol. The third kappa shape index (κ3) is 6.82. The normalized spacial score (nSPS) is 18.5. The molecular weight excluding hydrogens is 391 g/mol. The summed E-state index contributed by atoms with van der Waals surface area (Å²) in [7, 11) is 0. The van der Waals surface area contributed by atoms with E-state index < -0.39 is 6.72 Å². The van der Waals surface area contributed by atoms with Gasteiger partial charge in [-0.15, -0.1) is 0 Å². The van der Waals surface area contributed by atoms with E-state index in [1.807, 2.05) is 51.1 Å². The van der Waals surface area contributed by atoms with Gasteiger partial charge in [0.2, 0.25) is 0 Å². The Hall–Kier alpha value is -0.970. The molecule has 0 heterocycles. The predicted octanol–water partition coefficient (Wildman–Crippen LogP) is 6.60. The molecule has 0 aromatic heterocycles. The van der Waals surface area contributed by atoms with E-state index in [0.29, 0.717) is 6.54 Å². The van der Waals surface area contributed by atoms with Crippen LogP contribution in [0.4, 0.5) is 4.79 Å². The van der Waals surface area contributed by atoms with Gasteiger partial charge in [-0.2, -0.15) is 0 Å². The largest absolute Gasteiger partial charge is 0.357 e. The number of hydrogen-bond donors (Lipinski definition) is 1. The minimum atomic E-state index is -3.37. The monoisotopic (exact) mass is 426 g/mol. The third-order valence-corrected chi connectivity index (χ3v) is 10.3. The quantitative estimate of drug-likeness (QED) is 0.452. The van der Waals surface area contributed by atoms with Crippen LogP contribution in [-0.4, -0.2) is 28.1 Å². The first kappa shape index (κ1) is 23.3. The maximum atomic E-state index is 14.1. The maximum Gasteiger partial charge on any atom is 0.357 e. The van der Waals surface area contributed by atoms with Crippen LogP contribution < -0.4 is 5.32 Å². The molecule has 1 aliphatic rings. The molecule has 2 rings (SSSR count). The molecule has 7 heteroatoms. The molecule has 0 spiro atoms. The first-order valence-corrected chi connectivity index (χ1v) is 13.5. The molecule has 2 amide bonds. The Labute approximate surface area is 174 Å². The zero-order valence-electron chi connectivity index (χ0n) is 17.6. The smallest absolute Gasteiger partial charge is 0.334 e. The Balaban J connectivity index is 2.26. The van der Waals surface area contributed by atoms with Crippen LogP contribution in [-0.2, 0) is 15.6 Å². The Bertz CT molecular complexity index is 650. The molecular formula is C21H35N2O3PS. The molecule has 0 radical (unpaired) electrons. The van der Waals surface area contributed by atoms with E-state index in [0.717, 1.165) is 37.7 Å². The van der Waals surface area contributed by atoms with Gasteiger partial charge in [0.05, 0.1) is 6.10 Å². The molecule has 28 heavy (non-hydrogen) atoms. The minimum Gasteiger partial charge on any atom is -0.334 e. The second kappa shape index (κ2) is 11.3. The number of carbonyl (C=O) groups excluding carboxylic acids is 1. The van der Waals surface area contributed by atoms with E-state index in [4.69, 9.17) is 4.52 Å². The zero-order chi connectivity index (χ0) is 20.6. The summed E-state index contributed by atoms with van der Waals surface area (Å²) in [4.78, 5) is 13.3. The topological polar surface area (TPSA) is 58.6 Å². The van der Waals surface area contributed by atoms with E-state index in [2.05, 4.69) is 12.2 Å². The fraction of sp³-hybridized carbons (Fsp3) is 0.667. The first-order chi connectivity index (χ1) is 13.4. The van der Waals surface area contributed by atoms with E-state index >= 15 is 0 Å². The van der Waals surface area contributed by atoms with E-state index in [9.17, 15) is 9.36 Å². The molecule has 1 fully saturated rings. The molecule has 2 unspecified atom stereocenters. The summed E-state index contributed by atoms with van der Waals surface area (Å²) < 4.78 is 21.6. The van der Waals surface area contributed by atoms with Crippen molar-refractivity contribution in [1.29, 1.82) is 0 Å². The maximum absolute atomic E-state index is 14.1. The number of amides is 2. The van der Waals surface area contributed by atoms with Crippen LogP contribution in [0.25, 0.3) is 0 Å². The minimum absolute atomic E-state index is 0.0364. The van der Waals surface area contributed by atoms with Crippen LogP contribution in [0.3, 0.4) is 0 Å². The van der Waals surface area contributed by atoms with Crippen LogP contribution in [0.15, 0.2) is 30.3 Å². The fourth-order valence-electron chi connectivity index (χ4n) is 3.35. The number of urea groups is 1. The number of benzene rings is 1. The van der Waals surface area contributed by atoms with Gasteiger partial charge in [0.15, 0.2) is 0 Å². The second-order valence-corrected chi connectivity index (χ2v) is 12.3. The van der Waals surface area contributed by atoms with Crippen molar-refractivity contribution in [3.63, 3.8) is 0 Å². The van der Waals surface area contributed by atoms with Crippen molar-refractivity contribution in [2.45, 2.75) is 90.2 Å². The number of hydrogen-bond acceptors (Lipinski definition) is 4. The number of nitrogens with zero attached hydrogens (tertiary/aromatic N) is 1. The first-order valence-electron chi connectivity index (χ1n) is 10.4. The highest BCUT2D eigenvalue weighted by Crippen LogP contribution is 2.66. The van der Waals surface area contributed by atoms with Crippen LogP contribution in [0.2, 0.25) is 0 Å². The lowest BCUT2D eigenvalue weighted by atomic mass is 9.96. The molecule has 0 aliphatic heterocycles. The molecule has 1 aromatic rings. The molecule has 0 bridgehead atoms. The average Bonchev–Trinajstić information content (AvgIpc) is 2.67. The molecule has 2 atom stereocenters. The standard InChI is InChI=1S/C21H35N2O3PS/c1-5-18(4)28-27(25,26-17(2)3)23(20-14-10-7-11-15-20)21(24)22-16-19-12-8-6-9-13-19/h6,8-9,12-13,17-18,20H,5,7,10-11,14-16H2,1-4H3,(H,22,24). The Kier molecular flexibility index (Phi) is 9.39. The second-order valence-electron chi connectivity index (χ2n) is 7.73. The van der Waals surface area contributed by atoms with Gasteiger partial charge in [0, 0.05) is 17.8 Å². The Morgan fingerprint density at radius 1 is 1.21 bits per heavy atom. The predicted molar refractivity (Wildman–Crippen MR) is 119 cm³/mol. The Morgan fingerprint density at radius 2 is 1.86 bits per heavy atom. The Morgan fingerprint density at radius 3 is 2.43 bits per heavy atom. The van der Waals surface area contributed by atoms with Crippen molar-refractivity contribution in [2.75, 3.05) is 0 Å². The van der Waals surface area contributed by atoms with Gasteiger partial charge >= 0.3 is 12.8 Å². The third-order valence-electron chi connectivity index (χ3n) is 4.91. The van der Waals surface area contributed by atoms with Gasteiger partial charge in [-0.1, -0.05) is 63.4 Å². The lowest BCUT2D eigenvalue weighted by molar-refractivity contribution is 0.173. The SMILES string of the molecule is CCC(C)SP(=O)(OC(C)C)N(C(=O)NCc1ccccc1)C1CCCCC1. The van der Waals surface area contributed by atoms with E-state index in [-0.39, 0.29) is 23.4 Å². The van der Waals surface area contributed by atoms with Crippen LogP contribution in [0.5, 0.6) is 0 Å². The lowest BCUT2D eigenvalue weighted by Crippen LogP contribution is -2.44. The van der Waals surface area contributed by atoms with Crippen LogP contribution in [0.1, 0.15) is 71.8 Å². The zero-order valence-corrected chi connectivity index (χ0v) is 19.3. The van der Waals surface area contributed by atoms with Crippen molar-refractivity contribution in [1.82, 2.24) is 9.99 Å². The summed E-state index contributed by atoms with van der Waals surface area (Å²) in [6, 6.07) is 9.48. The number of rotatable bonds is 9. The summed E-state index contributed by atoms with van der Waals surface area (Å²) in [6.07, 6.45) is 5.71. The van der Waals surface area contributed by atoms with E-state index in [1.165, 1.54) is 17.8 Å².